The Hall–Kier alpha value is -1.91. The molecular formula is C15H18FNO3. The Balaban J connectivity index is 1.91. The first-order valence-electron chi connectivity index (χ1n) is 6.76. The molecule has 0 bridgehead atoms. The molecule has 1 fully saturated rings. The molecule has 1 aliphatic rings. The van der Waals surface area contributed by atoms with E-state index < -0.39 is 11.9 Å². The lowest BCUT2D eigenvalue weighted by atomic mass is 10.0. The fourth-order valence-electron chi connectivity index (χ4n) is 2.61. The molecule has 3 atom stereocenters. The van der Waals surface area contributed by atoms with Crippen LogP contribution in [0.1, 0.15) is 37.8 Å². The molecule has 0 aliphatic heterocycles. The van der Waals surface area contributed by atoms with Gasteiger partial charge in [-0.25, -0.2) is 4.39 Å². The minimum absolute atomic E-state index is 0.120. The van der Waals surface area contributed by atoms with E-state index in [0.29, 0.717) is 19.3 Å². The summed E-state index contributed by atoms with van der Waals surface area (Å²) in [7, 11) is 0. The first kappa shape index (κ1) is 14.5. The van der Waals surface area contributed by atoms with Crippen LogP contribution in [0.15, 0.2) is 24.3 Å². The van der Waals surface area contributed by atoms with Crippen LogP contribution in [0, 0.1) is 17.7 Å². The van der Waals surface area contributed by atoms with Crippen LogP contribution >= 0.6 is 0 Å². The highest BCUT2D eigenvalue weighted by atomic mass is 19.1. The maximum atomic E-state index is 12.8. The van der Waals surface area contributed by atoms with Gasteiger partial charge in [-0.2, -0.15) is 0 Å². The Morgan fingerprint density at radius 1 is 1.25 bits per heavy atom. The van der Waals surface area contributed by atoms with Crippen molar-refractivity contribution in [2.24, 2.45) is 11.8 Å². The quantitative estimate of drug-likeness (QED) is 0.890. The van der Waals surface area contributed by atoms with E-state index in [1.165, 1.54) is 12.1 Å². The second-order valence-electron chi connectivity index (χ2n) is 5.33. The lowest BCUT2D eigenvalue weighted by molar-refractivity contribution is -0.141. The van der Waals surface area contributed by atoms with Crippen LogP contribution in [0.25, 0.3) is 0 Å². The molecule has 0 saturated heterocycles. The molecule has 0 radical (unpaired) electrons. The van der Waals surface area contributed by atoms with Gasteiger partial charge in [0.15, 0.2) is 0 Å². The first-order valence-corrected chi connectivity index (χ1v) is 6.76. The second kappa shape index (κ2) is 6.03. The molecule has 1 aromatic carbocycles. The van der Waals surface area contributed by atoms with Gasteiger partial charge < -0.3 is 10.4 Å². The van der Waals surface area contributed by atoms with Crippen LogP contribution in [0.5, 0.6) is 0 Å². The van der Waals surface area contributed by atoms with E-state index in [1.54, 1.807) is 12.1 Å². The van der Waals surface area contributed by atoms with E-state index in [9.17, 15) is 14.0 Å². The monoisotopic (exact) mass is 279 g/mol. The summed E-state index contributed by atoms with van der Waals surface area (Å²) < 4.78 is 12.8. The highest BCUT2D eigenvalue weighted by Gasteiger charge is 2.34. The van der Waals surface area contributed by atoms with E-state index in [2.05, 4.69) is 5.32 Å². The van der Waals surface area contributed by atoms with Crippen molar-refractivity contribution < 1.29 is 19.1 Å². The van der Waals surface area contributed by atoms with Crippen LogP contribution < -0.4 is 5.32 Å². The maximum Gasteiger partial charge on any atom is 0.306 e. The van der Waals surface area contributed by atoms with E-state index >= 15 is 0 Å². The molecule has 1 saturated carbocycles. The third kappa shape index (κ3) is 3.35. The molecular weight excluding hydrogens is 261 g/mol. The van der Waals surface area contributed by atoms with Crippen molar-refractivity contribution in [1.82, 2.24) is 5.32 Å². The normalized spacial score (nSPS) is 23.3. The average Bonchev–Trinajstić information content (AvgIpc) is 2.89. The molecule has 1 aromatic rings. The molecule has 108 valence electrons. The van der Waals surface area contributed by atoms with Gasteiger partial charge in [-0.1, -0.05) is 12.1 Å². The SMILES string of the molecule is CC(NC(=O)[C@@H]1CC[C@H](C(=O)O)C1)c1ccc(F)cc1. The number of carbonyl (C=O) groups excluding carboxylic acids is 1. The molecule has 2 N–H and O–H groups in total. The van der Waals surface area contributed by atoms with Gasteiger partial charge in [0.1, 0.15) is 5.82 Å². The number of hydrogen-bond donors (Lipinski definition) is 2. The van der Waals surface area contributed by atoms with Crippen LogP contribution in [-0.4, -0.2) is 17.0 Å². The standard InChI is InChI=1S/C15H18FNO3/c1-9(10-4-6-13(16)7-5-10)17-14(18)11-2-3-12(8-11)15(19)20/h4-7,9,11-12H,2-3,8H2,1H3,(H,17,18)(H,19,20)/t9?,11-,12+/m1/s1. The summed E-state index contributed by atoms with van der Waals surface area (Å²) in [5.41, 5.74) is 0.826. The largest absolute Gasteiger partial charge is 0.481 e. The fourth-order valence-corrected chi connectivity index (χ4v) is 2.61. The van der Waals surface area contributed by atoms with E-state index in [-0.39, 0.29) is 23.7 Å². The van der Waals surface area contributed by atoms with Crippen molar-refractivity contribution in [3.63, 3.8) is 0 Å². The molecule has 4 nitrogen and oxygen atoms in total. The number of carboxylic acids is 1. The van der Waals surface area contributed by atoms with Gasteiger partial charge in [-0.15, -0.1) is 0 Å². The molecule has 1 unspecified atom stereocenters. The van der Waals surface area contributed by atoms with Crippen molar-refractivity contribution in [3.05, 3.63) is 35.6 Å². The molecule has 5 heteroatoms. The summed E-state index contributed by atoms with van der Waals surface area (Å²) in [6, 6.07) is 5.76. The predicted octanol–water partition coefficient (Wildman–Crippen LogP) is 2.50. The zero-order chi connectivity index (χ0) is 14.7. The lowest BCUT2D eigenvalue weighted by Gasteiger charge is -2.17. The molecule has 0 aromatic heterocycles. The number of hydrogen-bond acceptors (Lipinski definition) is 2. The number of nitrogens with one attached hydrogen (secondary N) is 1. The number of benzene rings is 1. The number of aliphatic carboxylic acids is 1. The molecule has 0 spiro atoms. The van der Waals surface area contributed by atoms with Crippen LogP contribution in [0.4, 0.5) is 4.39 Å². The number of carboxylic acid groups (broad SMARTS) is 1. The minimum atomic E-state index is -0.827. The Morgan fingerprint density at radius 3 is 2.40 bits per heavy atom. The third-order valence-corrected chi connectivity index (χ3v) is 3.88. The number of carbonyl (C=O) groups is 2. The molecule has 1 amide bonds. The zero-order valence-corrected chi connectivity index (χ0v) is 11.3. The van der Waals surface area contributed by atoms with Gasteiger partial charge in [0.05, 0.1) is 12.0 Å². The van der Waals surface area contributed by atoms with Crippen LogP contribution in [0.2, 0.25) is 0 Å². The maximum absolute atomic E-state index is 12.8. The molecule has 1 aliphatic carbocycles. The summed E-state index contributed by atoms with van der Waals surface area (Å²) in [6.45, 7) is 1.83. The fraction of sp³-hybridized carbons (Fsp3) is 0.467. The smallest absolute Gasteiger partial charge is 0.306 e. The van der Waals surface area contributed by atoms with Crippen molar-refractivity contribution in [1.29, 1.82) is 0 Å². The molecule has 2 rings (SSSR count). The Labute approximate surface area is 117 Å². The lowest BCUT2D eigenvalue weighted by Crippen LogP contribution is -2.32. The van der Waals surface area contributed by atoms with Gasteiger partial charge in [0, 0.05) is 5.92 Å². The number of amides is 1. The Kier molecular flexibility index (Phi) is 4.37. The third-order valence-electron chi connectivity index (χ3n) is 3.88. The highest BCUT2D eigenvalue weighted by Crippen LogP contribution is 2.31. The first-order chi connectivity index (χ1) is 9.47. The second-order valence-corrected chi connectivity index (χ2v) is 5.33. The van der Waals surface area contributed by atoms with E-state index in [4.69, 9.17) is 5.11 Å². The van der Waals surface area contributed by atoms with Gasteiger partial charge in [-0.3, -0.25) is 9.59 Å². The minimum Gasteiger partial charge on any atom is -0.481 e. The van der Waals surface area contributed by atoms with Gasteiger partial charge in [0.2, 0.25) is 5.91 Å². The van der Waals surface area contributed by atoms with Crippen LogP contribution in [-0.2, 0) is 9.59 Å². The topological polar surface area (TPSA) is 66.4 Å². The highest BCUT2D eigenvalue weighted by molar-refractivity contribution is 5.81. The summed E-state index contributed by atoms with van der Waals surface area (Å²) >= 11 is 0. The summed E-state index contributed by atoms with van der Waals surface area (Å²) in [4.78, 5) is 23.0. The van der Waals surface area contributed by atoms with E-state index in [1.807, 2.05) is 6.92 Å². The Bertz CT molecular complexity index is 500. The van der Waals surface area contributed by atoms with Crippen molar-refractivity contribution in [2.45, 2.75) is 32.2 Å². The van der Waals surface area contributed by atoms with Gasteiger partial charge in [-0.05, 0) is 43.9 Å². The molecule has 20 heavy (non-hydrogen) atoms. The predicted molar refractivity (Wildman–Crippen MR) is 71.4 cm³/mol. The molecule has 0 heterocycles. The average molecular weight is 279 g/mol. The summed E-state index contributed by atoms with van der Waals surface area (Å²) in [5, 5.41) is 11.8. The van der Waals surface area contributed by atoms with E-state index in [0.717, 1.165) is 5.56 Å². The summed E-state index contributed by atoms with van der Waals surface area (Å²) in [5.74, 6) is -1.91. The van der Waals surface area contributed by atoms with Crippen molar-refractivity contribution in [3.8, 4) is 0 Å². The van der Waals surface area contributed by atoms with Gasteiger partial charge in [0.25, 0.3) is 0 Å². The van der Waals surface area contributed by atoms with Crippen LogP contribution in [0.3, 0.4) is 0 Å². The number of rotatable bonds is 4. The van der Waals surface area contributed by atoms with Crippen molar-refractivity contribution in [2.75, 3.05) is 0 Å². The Morgan fingerprint density at radius 2 is 1.85 bits per heavy atom. The van der Waals surface area contributed by atoms with Crippen molar-refractivity contribution >= 4 is 11.9 Å². The van der Waals surface area contributed by atoms with Gasteiger partial charge >= 0.3 is 5.97 Å². The summed E-state index contributed by atoms with van der Waals surface area (Å²) in [6.07, 6.45) is 1.56. The zero-order valence-electron chi connectivity index (χ0n) is 11.3. The number of halogens is 1.